The Kier molecular flexibility index (Phi) is 38.2. The average Bonchev–Trinajstić information content (AvgIpc) is 1.73. The molecule has 3 aromatic rings. The largest absolute Gasteiger partial charge is 0.459 e. The van der Waals surface area contributed by atoms with Crippen LogP contribution in [0.25, 0.3) is 10.9 Å². The van der Waals surface area contributed by atoms with E-state index in [0.717, 1.165) is 24.7 Å². The van der Waals surface area contributed by atoms with Crippen molar-refractivity contribution in [3.63, 3.8) is 0 Å². The van der Waals surface area contributed by atoms with Gasteiger partial charge in [-0.15, -0.1) is 0 Å². The number of benzene rings is 2. The van der Waals surface area contributed by atoms with Crippen LogP contribution in [-0.2, 0) is 79.9 Å². The molecule has 4 rings (SSSR count). The molecule has 598 valence electrons. The van der Waals surface area contributed by atoms with Crippen molar-refractivity contribution in [1.29, 1.82) is 0 Å². The number of amides is 12. The second-order valence-corrected chi connectivity index (χ2v) is 27.2. The van der Waals surface area contributed by atoms with Crippen LogP contribution in [0.3, 0.4) is 0 Å². The van der Waals surface area contributed by atoms with Crippen LogP contribution in [0.4, 0.5) is 0 Å². The van der Waals surface area contributed by atoms with Gasteiger partial charge in [0, 0.05) is 50.1 Å². The summed E-state index contributed by atoms with van der Waals surface area (Å²) < 4.78 is 5.65. The molecule has 24 N–H and O–H groups in total. The molecule has 1 aromatic heterocycles. The van der Waals surface area contributed by atoms with Gasteiger partial charge >= 0.3 is 5.97 Å². The van der Waals surface area contributed by atoms with Crippen molar-refractivity contribution in [3.8, 4) is 0 Å². The Morgan fingerprint density at radius 3 is 1.69 bits per heavy atom. The number of hydrogen-bond acceptors (Lipinski definition) is 20. The van der Waals surface area contributed by atoms with Gasteiger partial charge < -0.3 is 116 Å². The van der Waals surface area contributed by atoms with Gasteiger partial charge in [-0.3, -0.25) is 72.3 Å². The Labute approximate surface area is 627 Å². The maximum Gasteiger partial charge on any atom is 0.325 e. The van der Waals surface area contributed by atoms with Crippen LogP contribution in [0.2, 0.25) is 0 Å². The molecule has 37 nitrogen and oxygen atoms in total. The van der Waals surface area contributed by atoms with Gasteiger partial charge in [-0.1, -0.05) is 109 Å². The Morgan fingerprint density at radius 2 is 1.11 bits per heavy atom. The molecule has 1 fully saturated rings. The predicted octanol–water partition coefficient (Wildman–Crippen LogP) is -4.78. The molecule has 0 aliphatic carbocycles. The molecule has 37 heteroatoms. The van der Waals surface area contributed by atoms with E-state index in [2.05, 4.69) is 73.5 Å². The highest BCUT2D eigenvalue weighted by atomic mass is 16.5. The van der Waals surface area contributed by atoms with E-state index in [1.54, 1.807) is 88.5 Å². The monoisotopic (exact) mass is 1520 g/mol. The van der Waals surface area contributed by atoms with E-state index in [-0.39, 0.29) is 88.7 Å². The summed E-state index contributed by atoms with van der Waals surface area (Å²) in [6.45, 7) is 6.86. The van der Waals surface area contributed by atoms with E-state index in [0.29, 0.717) is 28.5 Å². The molecular weight excluding hydrogens is 1410 g/mol. The Bertz CT molecular complexity index is 3570. The van der Waals surface area contributed by atoms with Crippen LogP contribution >= 0.6 is 0 Å². The number of hydrogen-bond donors (Lipinski definition) is 20. The van der Waals surface area contributed by atoms with E-state index < -0.39 is 194 Å². The third kappa shape index (κ3) is 30.0. The number of nitrogens with two attached hydrogens (primary N) is 4. The lowest BCUT2D eigenvalue weighted by atomic mass is 9.97. The summed E-state index contributed by atoms with van der Waals surface area (Å²) in [5, 5.41) is 71.2. The lowest BCUT2D eigenvalue weighted by Crippen LogP contribution is -2.62. The zero-order valence-electron chi connectivity index (χ0n) is 62.5. The molecule has 108 heavy (non-hydrogen) atoms. The number of nitrogens with zero attached hydrogens (tertiary/aromatic N) is 3. The highest BCUT2D eigenvalue weighted by Gasteiger charge is 2.40. The molecule has 0 radical (unpaired) electrons. The topological polar surface area (TPSA) is 592 Å². The quantitative estimate of drug-likeness (QED) is 0.0155. The second-order valence-electron chi connectivity index (χ2n) is 27.2. The lowest BCUT2D eigenvalue weighted by molar-refractivity contribution is -0.153. The Hall–Kier alpha value is -10.5. The first kappa shape index (κ1) is 89.9. The predicted molar refractivity (Wildman–Crippen MR) is 397 cm³/mol. The number of para-hydroxylation sites is 1. The highest BCUT2D eigenvalue weighted by molar-refractivity contribution is 6.00. The number of aliphatic imine (C=N–C) groups is 2. The molecule has 12 amide bonds. The number of H-pyrrole nitrogens is 1. The fourth-order valence-electron chi connectivity index (χ4n) is 11.6. The average molecular weight is 1520 g/mol. The van der Waals surface area contributed by atoms with Gasteiger partial charge in [-0.25, -0.2) is 0 Å². The van der Waals surface area contributed by atoms with E-state index in [4.69, 9.17) is 27.7 Å². The maximum absolute atomic E-state index is 14.8. The van der Waals surface area contributed by atoms with Crippen molar-refractivity contribution < 1.29 is 87.5 Å². The smallest absolute Gasteiger partial charge is 0.325 e. The number of aromatic nitrogens is 1. The summed E-state index contributed by atoms with van der Waals surface area (Å²) in [6.07, 6.45) is -2.03. The summed E-state index contributed by atoms with van der Waals surface area (Å²) in [7, 11) is 1.25. The molecular formula is C71H111N19O18. The van der Waals surface area contributed by atoms with Gasteiger partial charge in [0.2, 0.25) is 70.9 Å². The number of guanidine groups is 2. The number of fused-ring (bicyclic) bond motifs is 1. The number of aliphatic hydroxyl groups is 4. The number of aromatic amines is 1. The van der Waals surface area contributed by atoms with Crippen LogP contribution in [-0.4, -0.2) is 244 Å². The highest BCUT2D eigenvalue weighted by Crippen LogP contribution is 2.21. The number of aliphatic hydroxyl groups excluding tert-OH is 4. The first-order valence-corrected chi connectivity index (χ1v) is 36.2. The number of rotatable bonds is 26. The first-order valence-electron chi connectivity index (χ1n) is 36.2. The number of esters is 1. The molecule has 14 atom stereocenters. The number of nitrogens with one attached hydrogen (secondary N) is 12. The van der Waals surface area contributed by atoms with Crippen molar-refractivity contribution in [1.82, 2.24) is 68.4 Å². The molecule has 1 saturated heterocycles. The van der Waals surface area contributed by atoms with Crippen molar-refractivity contribution in [3.05, 3.63) is 71.9 Å². The molecule has 2 aromatic carbocycles. The molecule has 1 aliphatic rings. The molecule has 0 unspecified atom stereocenters. The summed E-state index contributed by atoms with van der Waals surface area (Å²) in [6, 6.07) is -1.37. The first-order chi connectivity index (χ1) is 51.2. The van der Waals surface area contributed by atoms with Gasteiger partial charge in [-0.05, 0) is 81.4 Å². The minimum absolute atomic E-state index is 0.0195. The van der Waals surface area contributed by atoms with Gasteiger partial charge in [0.05, 0.1) is 38.4 Å². The number of likely N-dealkylation sites (N-methyl/N-ethyl adjacent to an activating group) is 1. The Morgan fingerprint density at radius 1 is 0.593 bits per heavy atom. The molecule has 0 spiro atoms. The molecule has 0 bridgehead atoms. The van der Waals surface area contributed by atoms with Crippen molar-refractivity contribution >= 4 is 99.7 Å². The summed E-state index contributed by atoms with van der Waals surface area (Å²) in [5.41, 5.74) is 23.9. The number of ether oxygens (including phenoxy) is 1. The van der Waals surface area contributed by atoms with E-state index in [1.165, 1.54) is 14.0 Å². The van der Waals surface area contributed by atoms with Crippen LogP contribution in [0, 0.1) is 11.8 Å². The van der Waals surface area contributed by atoms with Crippen LogP contribution in [0.15, 0.2) is 70.8 Å². The van der Waals surface area contributed by atoms with E-state index in [9.17, 15) is 82.8 Å². The SMILES string of the molecule is CCCCC[C@@H](O)CC(=O)N[C@@H]1C(=O)N[C@H](CCCN=C(N)N)C(=O)N[C@@H](CO)C(=O)NCC(=O)N(C)[C@H](Cc2ccccc2)C(=O)N[C@@H](CC(C)C)C(=O)N[C@H](CCCN=C(N)N)C(=O)N[C@@H](CO)C(=O)N[C@H]([C@@H](C)O)C(=O)N[C@H](Cc2c[nH]c3ccccc23)C(=O)N[C@@H]([C@@H](C)CC)C(=O)NCC(=O)O[C@@H]1C. The van der Waals surface area contributed by atoms with Crippen molar-refractivity contribution in [2.45, 2.75) is 211 Å². The number of unbranched alkanes of at least 4 members (excludes halogenated alkanes) is 2. The van der Waals surface area contributed by atoms with E-state index >= 15 is 0 Å². The lowest BCUT2D eigenvalue weighted by Gasteiger charge is -2.31. The molecule has 1 aliphatic heterocycles. The third-order valence-corrected chi connectivity index (χ3v) is 17.9. The fourth-order valence-corrected chi connectivity index (χ4v) is 11.6. The number of carbonyl (C=O) groups is 13. The normalized spacial score (nSPS) is 23.9. The van der Waals surface area contributed by atoms with Crippen LogP contribution < -0.4 is 81.4 Å². The minimum Gasteiger partial charge on any atom is -0.459 e. The summed E-state index contributed by atoms with van der Waals surface area (Å²) in [5.74, 6) is -15.3. The minimum atomic E-state index is -1.93. The van der Waals surface area contributed by atoms with Crippen LogP contribution in [0.1, 0.15) is 130 Å². The summed E-state index contributed by atoms with van der Waals surface area (Å²) >= 11 is 0. The number of carbonyl (C=O) groups excluding carboxylic acids is 13. The third-order valence-electron chi connectivity index (χ3n) is 17.9. The zero-order valence-corrected chi connectivity index (χ0v) is 62.5. The number of cyclic esters (lactones) is 1. The zero-order chi connectivity index (χ0) is 80.3. The Balaban J connectivity index is 1.88. The van der Waals surface area contributed by atoms with Crippen molar-refractivity contribution in [2.75, 3.05) is 46.4 Å². The van der Waals surface area contributed by atoms with E-state index in [1.807, 2.05) is 6.92 Å². The molecule has 2 heterocycles. The summed E-state index contributed by atoms with van der Waals surface area (Å²) in [4.78, 5) is 198. The van der Waals surface area contributed by atoms with Crippen LogP contribution in [0.5, 0.6) is 0 Å². The fraction of sp³-hybridized carbons (Fsp3) is 0.592. The van der Waals surface area contributed by atoms with Gasteiger partial charge in [0.15, 0.2) is 11.9 Å². The van der Waals surface area contributed by atoms with Gasteiger partial charge in [-0.2, -0.15) is 0 Å². The van der Waals surface area contributed by atoms with Gasteiger partial charge in [0.1, 0.15) is 73.1 Å². The van der Waals surface area contributed by atoms with Gasteiger partial charge in [0.25, 0.3) is 0 Å². The standard InChI is InChI=1S/C71H111N19O18/c1-9-11-13-22-44(94)32-54(95)87-59-41(7)108-56(97)35-80-67(105)57(39(5)10-2)88-64(102)50(31-43-33-78-46-24-17-16-23-45(43)46)84-68(106)58(40(6)93)89-65(103)52(37-92)86-61(99)47(25-18-27-76-70(72)73)81-63(101)49(29-38(3)4)83-66(104)53(30-42-20-14-12-15-21-42)90(8)55(96)34-79-60(98)51(36-91)85-62(100)48(82-69(59)107)26-19-28-77-71(74)75/h12,14-17,20-21,23-24,33,38-41,44,47-53,57-59,78,91-94H,9-11,13,18-19,22,25-32,34-37H2,1-8H3,(H,79,98)(H,80,105)(H,81,101)(H,82,107)(H,83,104)(H,84,106)(H,85,100)(H,86,99)(H,87,95)(H,88,102)(H,89,103)(H4,72,73,76)(H4,74,75,77)/t39-,40+,41+,44+,47+,48+,49-,50+,51-,52-,53+,57-,58+,59-/m0/s1. The molecule has 0 saturated carbocycles. The maximum atomic E-state index is 14.8. The van der Waals surface area contributed by atoms with Crippen molar-refractivity contribution in [2.24, 2.45) is 44.8 Å². The second kappa shape index (κ2) is 45.9.